The van der Waals surface area contributed by atoms with Gasteiger partial charge in [-0.25, -0.2) is 4.39 Å². The fourth-order valence-corrected chi connectivity index (χ4v) is 3.31. The number of hydrogen-bond donors (Lipinski definition) is 2. The summed E-state index contributed by atoms with van der Waals surface area (Å²) in [4.78, 5) is 8.24. The van der Waals surface area contributed by atoms with Crippen molar-refractivity contribution >= 4 is 29.9 Å². The van der Waals surface area contributed by atoms with Crippen molar-refractivity contribution in [2.24, 2.45) is 4.99 Å². The predicted octanol–water partition coefficient (Wildman–Crippen LogP) is 4.74. The van der Waals surface area contributed by atoms with E-state index in [1.165, 1.54) is 17.8 Å². The fraction of sp³-hybridized carbons (Fsp3) is 0.160. The molecule has 0 radical (unpaired) electrons. The number of pyridine rings is 1. The molecule has 2 aromatic carbocycles. The molecule has 9 heteroatoms. The molecule has 0 fully saturated rings. The van der Waals surface area contributed by atoms with Gasteiger partial charge in [-0.1, -0.05) is 30.3 Å². The maximum Gasteiger partial charge on any atom is 0.191 e. The van der Waals surface area contributed by atoms with Gasteiger partial charge in [0.25, 0.3) is 0 Å². The first-order valence-electron chi connectivity index (χ1n) is 10.6. The predicted molar refractivity (Wildman–Crippen MR) is 141 cm³/mol. The number of benzene rings is 2. The molecule has 0 saturated carbocycles. The monoisotopic (exact) mass is 572 g/mol. The Morgan fingerprint density at radius 1 is 1.00 bits per heavy atom. The molecule has 0 aliphatic rings. The standard InChI is InChI=1S/C25H25FN6O.HI/c1-27-25(30-16-20-6-2-3-7-21(20)18-32-13-5-12-31-32)29-15-19-9-10-24(23(26)14-19)33-22-8-4-11-28-17-22;/h2-14,17H,15-16,18H2,1H3,(H2,27,29,30);1H. The molecule has 176 valence electrons. The first-order chi connectivity index (χ1) is 16.2. The van der Waals surface area contributed by atoms with Crippen LogP contribution in [0, 0.1) is 5.82 Å². The van der Waals surface area contributed by atoms with Crippen molar-refractivity contribution in [3.05, 3.63) is 108 Å². The van der Waals surface area contributed by atoms with Crippen LogP contribution in [0.4, 0.5) is 4.39 Å². The Kier molecular flexibility index (Phi) is 9.39. The highest BCUT2D eigenvalue weighted by Crippen LogP contribution is 2.24. The molecule has 0 aliphatic heterocycles. The van der Waals surface area contributed by atoms with Crippen molar-refractivity contribution in [2.45, 2.75) is 19.6 Å². The number of aromatic nitrogens is 3. The van der Waals surface area contributed by atoms with Crippen molar-refractivity contribution in [1.82, 2.24) is 25.4 Å². The molecule has 2 heterocycles. The van der Waals surface area contributed by atoms with Crippen molar-refractivity contribution in [2.75, 3.05) is 7.05 Å². The largest absolute Gasteiger partial charge is 0.453 e. The van der Waals surface area contributed by atoms with Crippen LogP contribution in [0.15, 0.2) is 90.4 Å². The average molecular weight is 572 g/mol. The molecule has 4 rings (SSSR count). The zero-order valence-electron chi connectivity index (χ0n) is 18.7. The van der Waals surface area contributed by atoms with E-state index in [1.54, 1.807) is 37.6 Å². The summed E-state index contributed by atoms with van der Waals surface area (Å²) in [7, 11) is 1.70. The first-order valence-corrected chi connectivity index (χ1v) is 10.6. The van der Waals surface area contributed by atoms with E-state index >= 15 is 0 Å². The molecule has 4 aromatic rings. The lowest BCUT2D eigenvalue weighted by atomic mass is 10.1. The van der Waals surface area contributed by atoms with Gasteiger partial charge in [-0.05, 0) is 47.0 Å². The minimum absolute atomic E-state index is 0. The zero-order chi connectivity index (χ0) is 22.9. The molecule has 34 heavy (non-hydrogen) atoms. The molecule has 0 amide bonds. The molecule has 7 nitrogen and oxygen atoms in total. The van der Waals surface area contributed by atoms with Gasteiger partial charge in [-0.3, -0.25) is 14.7 Å². The van der Waals surface area contributed by atoms with Gasteiger partial charge in [0.1, 0.15) is 5.75 Å². The van der Waals surface area contributed by atoms with Crippen LogP contribution in [0.5, 0.6) is 11.5 Å². The highest BCUT2D eigenvalue weighted by Gasteiger charge is 2.08. The number of guanidine groups is 1. The lowest BCUT2D eigenvalue weighted by Crippen LogP contribution is -2.36. The van der Waals surface area contributed by atoms with E-state index in [4.69, 9.17) is 4.74 Å². The number of hydrogen-bond acceptors (Lipinski definition) is 4. The maximum atomic E-state index is 14.5. The van der Waals surface area contributed by atoms with Crippen molar-refractivity contribution in [3.8, 4) is 11.5 Å². The Labute approximate surface area is 215 Å². The summed E-state index contributed by atoms with van der Waals surface area (Å²) in [5, 5.41) is 10.8. The van der Waals surface area contributed by atoms with Crippen LogP contribution in [0.1, 0.15) is 16.7 Å². The van der Waals surface area contributed by atoms with Crippen LogP contribution in [-0.2, 0) is 19.6 Å². The summed E-state index contributed by atoms with van der Waals surface area (Å²) in [6.45, 7) is 1.71. The van der Waals surface area contributed by atoms with Crippen LogP contribution < -0.4 is 15.4 Å². The molecule has 0 spiro atoms. The van der Waals surface area contributed by atoms with E-state index in [1.807, 2.05) is 35.1 Å². The summed E-state index contributed by atoms with van der Waals surface area (Å²) in [6.07, 6.45) is 6.89. The highest BCUT2D eigenvalue weighted by molar-refractivity contribution is 14.0. The second kappa shape index (κ2) is 12.7. The minimum atomic E-state index is -0.436. The Hall–Kier alpha value is -3.47. The number of ether oxygens (including phenoxy) is 1. The van der Waals surface area contributed by atoms with Gasteiger partial charge >= 0.3 is 0 Å². The Morgan fingerprint density at radius 3 is 2.53 bits per heavy atom. The van der Waals surface area contributed by atoms with E-state index in [2.05, 4.69) is 37.8 Å². The smallest absolute Gasteiger partial charge is 0.191 e. The van der Waals surface area contributed by atoms with Crippen LogP contribution in [0.3, 0.4) is 0 Å². The molecule has 2 aromatic heterocycles. The van der Waals surface area contributed by atoms with E-state index in [0.29, 0.717) is 31.3 Å². The summed E-state index contributed by atoms with van der Waals surface area (Å²) in [6, 6.07) is 18.4. The minimum Gasteiger partial charge on any atom is -0.453 e. The lowest BCUT2D eigenvalue weighted by molar-refractivity contribution is 0.440. The summed E-state index contributed by atoms with van der Waals surface area (Å²) in [5.74, 6) is 0.830. The van der Waals surface area contributed by atoms with Crippen LogP contribution >= 0.6 is 24.0 Å². The molecule has 0 saturated heterocycles. The number of rotatable bonds is 8. The van der Waals surface area contributed by atoms with E-state index < -0.39 is 5.82 Å². The number of halogens is 2. The number of nitrogens with one attached hydrogen (secondary N) is 2. The van der Waals surface area contributed by atoms with Gasteiger partial charge in [-0.2, -0.15) is 5.10 Å². The topological polar surface area (TPSA) is 76.4 Å². The van der Waals surface area contributed by atoms with Crippen LogP contribution in [0.2, 0.25) is 0 Å². The van der Waals surface area contributed by atoms with Crippen LogP contribution in [-0.4, -0.2) is 27.8 Å². The lowest BCUT2D eigenvalue weighted by Gasteiger charge is -2.15. The second-order valence-corrected chi connectivity index (χ2v) is 7.31. The van der Waals surface area contributed by atoms with E-state index in [0.717, 1.165) is 11.1 Å². The SMILES string of the molecule is CN=C(NCc1ccc(Oc2cccnc2)c(F)c1)NCc1ccccc1Cn1cccn1.I. The van der Waals surface area contributed by atoms with Crippen LogP contribution in [0.25, 0.3) is 0 Å². The Bertz CT molecular complexity index is 1200. The molecular weight excluding hydrogens is 546 g/mol. The third kappa shape index (κ3) is 7.01. The fourth-order valence-electron chi connectivity index (χ4n) is 3.31. The summed E-state index contributed by atoms with van der Waals surface area (Å²) in [5.41, 5.74) is 3.10. The zero-order valence-corrected chi connectivity index (χ0v) is 21.0. The second-order valence-electron chi connectivity index (χ2n) is 7.31. The summed E-state index contributed by atoms with van der Waals surface area (Å²) >= 11 is 0. The maximum absolute atomic E-state index is 14.5. The van der Waals surface area contributed by atoms with Gasteiger partial charge in [-0.15, -0.1) is 24.0 Å². The Balaban J connectivity index is 0.00000324. The third-order valence-corrected chi connectivity index (χ3v) is 5.00. The van der Waals surface area contributed by atoms with E-state index in [9.17, 15) is 4.39 Å². The molecule has 0 aliphatic carbocycles. The van der Waals surface area contributed by atoms with Gasteiger partial charge < -0.3 is 15.4 Å². The average Bonchev–Trinajstić information content (AvgIpc) is 3.35. The van der Waals surface area contributed by atoms with Gasteiger partial charge in [0.2, 0.25) is 0 Å². The summed E-state index contributed by atoms with van der Waals surface area (Å²) < 4.78 is 21.9. The first kappa shape index (κ1) is 25.2. The van der Waals surface area contributed by atoms with Crippen molar-refractivity contribution < 1.29 is 9.13 Å². The molecule has 0 bridgehead atoms. The Morgan fingerprint density at radius 2 is 1.82 bits per heavy atom. The molecule has 0 unspecified atom stereocenters. The van der Waals surface area contributed by atoms with E-state index in [-0.39, 0.29) is 29.7 Å². The van der Waals surface area contributed by atoms with Gasteiger partial charge in [0.15, 0.2) is 17.5 Å². The van der Waals surface area contributed by atoms with Crippen molar-refractivity contribution in [3.63, 3.8) is 0 Å². The number of nitrogens with zero attached hydrogens (tertiary/aromatic N) is 4. The highest BCUT2D eigenvalue weighted by atomic mass is 127. The quantitative estimate of drug-likeness (QED) is 0.181. The molecular formula is C25H26FIN6O. The van der Waals surface area contributed by atoms with Gasteiger partial charge in [0, 0.05) is 38.7 Å². The normalized spacial score (nSPS) is 10.9. The number of aliphatic imine (C=N–C) groups is 1. The third-order valence-electron chi connectivity index (χ3n) is 5.00. The van der Waals surface area contributed by atoms with Gasteiger partial charge in [0.05, 0.1) is 12.7 Å². The molecule has 2 N–H and O–H groups in total. The molecule has 0 atom stereocenters. The van der Waals surface area contributed by atoms with Crippen molar-refractivity contribution in [1.29, 1.82) is 0 Å².